The van der Waals surface area contributed by atoms with Crippen LogP contribution in [0.2, 0.25) is 10.0 Å². The third kappa shape index (κ3) is 6.49. The third-order valence-electron chi connectivity index (χ3n) is 3.76. The monoisotopic (exact) mass is 458 g/mol. The van der Waals surface area contributed by atoms with Gasteiger partial charge in [0.2, 0.25) is 0 Å². The standard InChI is InChI=1S/C20H21BrCl2O3/c1-2-3-4-5-6-11-25-16-9-7-14(8-10-16)20(24)26-19-17(21)12-15(22)13-18(19)23/h7-10,12-13H,2-6,11H2,1H3. The second-order valence-electron chi connectivity index (χ2n) is 5.88. The molecule has 0 unspecified atom stereocenters. The molecule has 0 saturated heterocycles. The summed E-state index contributed by atoms with van der Waals surface area (Å²) in [6.07, 6.45) is 5.95. The average Bonchev–Trinajstić information content (AvgIpc) is 2.61. The van der Waals surface area contributed by atoms with E-state index in [1.165, 1.54) is 31.7 Å². The molecule has 140 valence electrons. The van der Waals surface area contributed by atoms with Crippen LogP contribution < -0.4 is 9.47 Å². The van der Waals surface area contributed by atoms with Gasteiger partial charge >= 0.3 is 5.97 Å². The topological polar surface area (TPSA) is 35.5 Å². The molecule has 0 spiro atoms. The fourth-order valence-electron chi connectivity index (χ4n) is 2.36. The summed E-state index contributed by atoms with van der Waals surface area (Å²) >= 11 is 15.3. The summed E-state index contributed by atoms with van der Waals surface area (Å²) in [5.41, 5.74) is 0.415. The SMILES string of the molecule is CCCCCCCOc1ccc(C(=O)Oc2c(Cl)cc(Cl)cc2Br)cc1. The van der Waals surface area contributed by atoms with E-state index in [0.29, 0.717) is 21.7 Å². The Morgan fingerprint density at radius 3 is 2.38 bits per heavy atom. The number of unbranched alkanes of at least 4 members (excludes halogenated alkanes) is 4. The number of carbonyl (C=O) groups excluding carboxylic acids is 1. The minimum absolute atomic E-state index is 0.244. The summed E-state index contributed by atoms with van der Waals surface area (Å²) in [6.45, 7) is 2.88. The molecule has 2 aromatic carbocycles. The summed E-state index contributed by atoms with van der Waals surface area (Å²) in [6, 6.07) is 10.0. The van der Waals surface area contributed by atoms with Gasteiger partial charge in [-0.25, -0.2) is 4.79 Å². The van der Waals surface area contributed by atoms with Crippen LogP contribution in [-0.2, 0) is 0 Å². The Kier molecular flexibility index (Phi) is 8.76. The van der Waals surface area contributed by atoms with Crippen LogP contribution in [0, 0.1) is 0 Å². The van der Waals surface area contributed by atoms with Crippen molar-refractivity contribution in [3.63, 3.8) is 0 Å². The lowest BCUT2D eigenvalue weighted by molar-refractivity contribution is 0.0733. The van der Waals surface area contributed by atoms with Gasteiger partial charge in [0, 0.05) is 5.02 Å². The van der Waals surface area contributed by atoms with Crippen LogP contribution in [-0.4, -0.2) is 12.6 Å². The molecule has 0 aliphatic heterocycles. The molecule has 26 heavy (non-hydrogen) atoms. The second-order valence-corrected chi connectivity index (χ2v) is 7.57. The number of hydrogen-bond acceptors (Lipinski definition) is 3. The number of rotatable bonds is 9. The number of halogens is 3. The van der Waals surface area contributed by atoms with E-state index < -0.39 is 5.97 Å². The highest BCUT2D eigenvalue weighted by Gasteiger charge is 2.15. The summed E-state index contributed by atoms with van der Waals surface area (Å²) in [5, 5.41) is 0.721. The minimum Gasteiger partial charge on any atom is -0.494 e. The van der Waals surface area contributed by atoms with E-state index in [1.54, 1.807) is 30.3 Å². The van der Waals surface area contributed by atoms with Crippen molar-refractivity contribution < 1.29 is 14.3 Å². The van der Waals surface area contributed by atoms with Crippen molar-refractivity contribution >= 4 is 45.1 Å². The Labute approximate surface area is 172 Å². The maximum absolute atomic E-state index is 12.3. The number of carbonyl (C=O) groups is 1. The predicted molar refractivity (Wildman–Crippen MR) is 110 cm³/mol. The second kappa shape index (κ2) is 10.8. The lowest BCUT2D eigenvalue weighted by Gasteiger charge is -2.10. The minimum atomic E-state index is -0.499. The zero-order valence-corrected chi connectivity index (χ0v) is 17.7. The first-order chi connectivity index (χ1) is 12.5. The Morgan fingerprint density at radius 2 is 1.73 bits per heavy atom. The highest BCUT2D eigenvalue weighted by molar-refractivity contribution is 9.10. The molecule has 0 amide bonds. The number of benzene rings is 2. The van der Waals surface area contributed by atoms with E-state index in [2.05, 4.69) is 22.9 Å². The molecule has 3 nitrogen and oxygen atoms in total. The van der Waals surface area contributed by atoms with E-state index in [9.17, 15) is 4.79 Å². The third-order valence-corrected chi connectivity index (χ3v) is 4.85. The van der Waals surface area contributed by atoms with Crippen molar-refractivity contribution in [3.05, 3.63) is 56.5 Å². The molecule has 0 atom stereocenters. The van der Waals surface area contributed by atoms with E-state index >= 15 is 0 Å². The van der Waals surface area contributed by atoms with Gasteiger partial charge in [0.25, 0.3) is 0 Å². The maximum atomic E-state index is 12.3. The average molecular weight is 460 g/mol. The molecule has 0 fully saturated rings. The van der Waals surface area contributed by atoms with Gasteiger partial charge in [0.05, 0.1) is 21.7 Å². The van der Waals surface area contributed by atoms with Gasteiger partial charge in [-0.05, 0) is 58.7 Å². The number of hydrogen-bond donors (Lipinski definition) is 0. The highest BCUT2D eigenvalue weighted by Crippen LogP contribution is 2.36. The molecule has 2 rings (SSSR count). The Hall–Kier alpha value is -1.23. The largest absolute Gasteiger partial charge is 0.494 e. The number of ether oxygens (including phenoxy) is 2. The molecule has 0 heterocycles. The van der Waals surface area contributed by atoms with Crippen LogP contribution in [0.4, 0.5) is 0 Å². The lowest BCUT2D eigenvalue weighted by atomic mass is 10.2. The van der Waals surface area contributed by atoms with E-state index in [-0.39, 0.29) is 10.8 Å². The van der Waals surface area contributed by atoms with Crippen molar-refractivity contribution in [2.24, 2.45) is 0 Å². The molecule has 0 saturated carbocycles. The van der Waals surface area contributed by atoms with Crippen LogP contribution >= 0.6 is 39.1 Å². The van der Waals surface area contributed by atoms with E-state index in [1.807, 2.05) is 0 Å². The van der Waals surface area contributed by atoms with E-state index in [0.717, 1.165) is 12.2 Å². The predicted octanol–water partition coefficient (Wildman–Crippen LogP) is 7.32. The van der Waals surface area contributed by atoms with Gasteiger partial charge in [0.1, 0.15) is 5.75 Å². The molecule has 0 aliphatic carbocycles. The normalized spacial score (nSPS) is 10.6. The summed E-state index contributed by atoms with van der Waals surface area (Å²) in [7, 11) is 0. The number of esters is 1. The van der Waals surface area contributed by atoms with Crippen LogP contribution in [0.15, 0.2) is 40.9 Å². The van der Waals surface area contributed by atoms with Crippen molar-refractivity contribution in [2.75, 3.05) is 6.61 Å². The van der Waals surface area contributed by atoms with Gasteiger partial charge in [-0.3, -0.25) is 0 Å². The van der Waals surface area contributed by atoms with Crippen molar-refractivity contribution in [1.29, 1.82) is 0 Å². The quantitative estimate of drug-likeness (QED) is 0.223. The fourth-order valence-corrected chi connectivity index (χ4v) is 3.68. The zero-order chi connectivity index (χ0) is 18.9. The molecule has 0 aromatic heterocycles. The first-order valence-electron chi connectivity index (χ1n) is 8.61. The molecular weight excluding hydrogens is 439 g/mol. The van der Waals surface area contributed by atoms with Gasteiger partial charge in [-0.15, -0.1) is 0 Å². The first-order valence-corrected chi connectivity index (χ1v) is 10.2. The van der Waals surface area contributed by atoms with Gasteiger partial charge in [-0.1, -0.05) is 55.8 Å². The van der Waals surface area contributed by atoms with Crippen LogP contribution in [0.5, 0.6) is 11.5 Å². The first kappa shape index (κ1) is 21.1. The Bertz CT molecular complexity index is 709. The molecule has 0 bridgehead atoms. The van der Waals surface area contributed by atoms with E-state index in [4.69, 9.17) is 32.7 Å². The maximum Gasteiger partial charge on any atom is 0.343 e. The Balaban J connectivity index is 1.89. The molecule has 0 radical (unpaired) electrons. The fraction of sp³-hybridized carbons (Fsp3) is 0.350. The molecule has 0 aliphatic rings. The highest BCUT2D eigenvalue weighted by atomic mass is 79.9. The summed E-state index contributed by atoms with van der Waals surface area (Å²) in [4.78, 5) is 12.3. The van der Waals surface area contributed by atoms with Gasteiger partial charge in [-0.2, -0.15) is 0 Å². The molecule has 6 heteroatoms. The molecule has 2 aromatic rings. The summed E-state index contributed by atoms with van der Waals surface area (Å²) < 4.78 is 11.6. The van der Waals surface area contributed by atoms with Crippen molar-refractivity contribution in [3.8, 4) is 11.5 Å². The van der Waals surface area contributed by atoms with Crippen LogP contribution in [0.3, 0.4) is 0 Å². The van der Waals surface area contributed by atoms with Crippen molar-refractivity contribution in [1.82, 2.24) is 0 Å². The lowest BCUT2D eigenvalue weighted by Crippen LogP contribution is -2.09. The Morgan fingerprint density at radius 1 is 1.04 bits per heavy atom. The molecular formula is C20H21BrCl2O3. The summed E-state index contributed by atoms with van der Waals surface area (Å²) in [5.74, 6) is 0.484. The molecule has 0 N–H and O–H groups in total. The van der Waals surface area contributed by atoms with Crippen LogP contribution in [0.25, 0.3) is 0 Å². The van der Waals surface area contributed by atoms with Crippen LogP contribution in [0.1, 0.15) is 49.4 Å². The zero-order valence-electron chi connectivity index (χ0n) is 14.6. The van der Waals surface area contributed by atoms with Gasteiger partial charge in [0.15, 0.2) is 5.75 Å². The smallest absolute Gasteiger partial charge is 0.343 e. The van der Waals surface area contributed by atoms with Crippen molar-refractivity contribution in [2.45, 2.75) is 39.0 Å². The van der Waals surface area contributed by atoms with Gasteiger partial charge < -0.3 is 9.47 Å².